The Kier molecular flexibility index (Phi) is 3.12. The van der Waals surface area contributed by atoms with Crippen molar-refractivity contribution >= 4 is 21.4 Å². The van der Waals surface area contributed by atoms with Crippen molar-refractivity contribution in [2.45, 2.75) is 24.7 Å². The molecule has 0 fully saturated rings. The molecule has 0 aromatic carbocycles. The average molecular weight is 328 g/mol. The van der Waals surface area contributed by atoms with Crippen molar-refractivity contribution in [2.24, 2.45) is 0 Å². The quantitative estimate of drug-likeness (QED) is 0.723. The van der Waals surface area contributed by atoms with Gasteiger partial charge in [0.2, 0.25) is 0 Å². The number of aromatic nitrogens is 3. The number of anilines is 1. The van der Waals surface area contributed by atoms with Crippen LogP contribution in [0.25, 0.3) is 5.52 Å². The van der Waals surface area contributed by atoms with Crippen LogP contribution in [-0.2, 0) is 16.4 Å². The molecule has 0 saturated carbocycles. The van der Waals surface area contributed by atoms with Gasteiger partial charge in [-0.25, -0.2) is 22.2 Å². The number of fused-ring (bicyclic) bond motifs is 2. The molecule has 4 heterocycles. The van der Waals surface area contributed by atoms with E-state index in [4.69, 9.17) is 0 Å². The summed E-state index contributed by atoms with van der Waals surface area (Å²) in [5.41, 5.74) is 2.36. The monoisotopic (exact) mass is 328 g/mol. The van der Waals surface area contributed by atoms with Crippen LogP contribution in [0, 0.1) is 6.92 Å². The van der Waals surface area contributed by atoms with Crippen LogP contribution in [-0.4, -0.2) is 29.6 Å². The van der Waals surface area contributed by atoms with Crippen LogP contribution in [0.15, 0.2) is 47.6 Å². The Labute approximate surface area is 134 Å². The molecular weight excluding hydrogens is 312 g/mol. The molecule has 0 saturated heterocycles. The van der Waals surface area contributed by atoms with E-state index < -0.39 is 10.0 Å². The highest BCUT2D eigenvalue weighted by Crippen LogP contribution is 2.31. The molecule has 0 atom stereocenters. The summed E-state index contributed by atoms with van der Waals surface area (Å²) in [5, 5.41) is 4.14. The summed E-state index contributed by atoms with van der Waals surface area (Å²) < 4.78 is 29.3. The highest BCUT2D eigenvalue weighted by atomic mass is 32.2. The lowest BCUT2D eigenvalue weighted by Crippen LogP contribution is -2.36. The maximum Gasteiger partial charge on any atom is 0.269 e. The minimum Gasteiger partial charge on any atom is -0.249 e. The van der Waals surface area contributed by atoms with Crippen LogP contribution >= 0.6 is 0 Å². The topological polar surface area (TPSA) is 67.6 Å². The molecule has 1 aliphatic heterocycles. The third-order valence-corrected chi connectivity index (χ3v) is 5.90. The predicted octanol–water partition coefficient (Wildman–Crippen LogP) is 2.18. The van der Waals surface area contributed by atoms with Crippen molar-refractivity contribution in [1.82, 2.24) is 14.6 Å². The Morgan fingerprint density at radius 1 is 1.17 bits per heavy atom. The number of nitrogens with zero attached hydrogens (tertiary/aromatic N) is 4. The van der Waals surface area contributed by atoms with Crippen molar-refractivity contribution in [3.05, 3.63) is 54.0 Å². The van der Waals surface area contributed by atoms with Gasteiger partial charge in [-0.15, -0.1) is 0 Å². The number of rotatable bonds is 2. The highest BCUT2D eigenvalue weighted by molar-refractivity contribution is 7.93. The normalized spacial score (nSPS) is 14.9. The number of aryl methyl sites for hydroxylation is 2. The van der Waals surface area contributed by atoms with Gasteiger partial charge in [-0.05, 0) is 43.5 Å². The minimum atomic E-state index is -3.69. The van der Waals surface area contributed by atoms with Crippen molar-refractivity contribution < 1.29 is 8.42 Å². The van der Waals surface area contributed by atoms with Crippen LogP contribution < -0.4 is 4.31 Å². The van der Waals surface area contributed by atoms with Crippen LogP contribution in [0.3, 0.4) is 0 Å². The smallest absolute Gasteiger partial charge is 0.249 e. The van der Waals surface area contributed by atoms with Crippen molar-refractivity contribution in [2.75, 3.05) is 10.8 Å². The first-order valence-electron chi connectivity index (χ1n) is 7.49. The Morgan fingerprint density at radius 3 is 2.91 bits per heavy atom. The van der Waals surface area contributed by atoms with Crippen molar-refractivity contribution in [3.63, 3.8) is 0 Å². The van der Waals surface area contributed by atoms with Gasteiger partial charge < -0.3 is 0 Å². The van der Waals surface area contributed by atoms with Gasteiger partial charge in [0, 0.05) is 18.4 Å². The molecule has 118 valence electrons. The molecular formula is C16H16N4O2S. The van der Waals surface area contributed by atoms with Gasteiger partial charge >= 0.3 is 0 Å². The molecule has 0 aliphatic carbocycles. The van der Waals surface area contributed by atoms with Crippen LogP contribution in [0.4, 0.5) is 5.82 Å². The van der Waals surface area contributed by atoms with E-state index in [1.54, 1.807) is 16.8 Å². The van der Waals surface area contributed by atoms with E-state index in [0.717, 1.165) is 24.1 Å². The average Bonchev–Trinajstić information content (AvgIpc) is 2.99. The van der Waals surface area contributed by atoms with E-state index in [2.05, 4.69) is 10.1 Å². The van der Waals surface area contributed by atoms with Gasteiger partial charge in [-0.3, -0.25) is 0 Å². The van der Waals surface area contributed by atoms with Gasteiger partial charge in [0.05, 0.1) is 11.7 Å². The molecule has 4 rings (SSSR count). The summed E-state index contributed by atoms with van der Waals surface area (Å²) in [6.45, 7) is 2.31. The van der Waals surface area contributed by atoms with E-state index in [9.17, 15) is 8.42 Å². The van der Waals surface area contributed by atoms with Crippen LogP contribution in [0.5, 0.6) is 0 Å². The number of sulfonamides is 1. The molecule has 1 aliphatic rings. The Bertz CT molecular complexity index is 994. The first kappa shape index (κ1) is 14.2. The Morgan fingerprint density at radius 2 is 2.04 bits per heavy atom. The fourth-order valence-corrected chi connectivity index (χ4v) is 4.56. The summed E-state index contributed by atoms with van der Waals surface area (Å²) in [6, 6.07) is 9.27. The molecule has 3 aromatic heterocycles. The summed E-state index contributed by atoms with van der Waals surface area (Å²) in [4.78, 5) is 4.69. The lowest BCUT2D eigenvalue weighted by molar-refractivity contribution is 0.586. The van der Waals surface area contributed by atoms with Gasteiger partial charge in [0.1, 0.15) is 10.7 Å². The van der Waals surface area contributed by atoms with Gasteiger partial charge in [-0.1, -0.05) is 12.1 Å². The van der Waals surface area contributed by atoms with Crippen LogP contribution in [0.1, 0.15) is 17.7 Å². The largest absolute Gasteiger partial charge is 0.269 e. The first-order valence-corrected chi connectivity index (χ1v) is 8.93. The SMILES string of the molecule is Cc1ccc2c(n1)N(S(=O)(=O)c1cnn3ccccc13)CCC2. The molecule has 6 nitrogen and oxygen atoms in total. The van der Waals surface area contributed by atoms with Crippen LogP contribution in [0.2, 0.25) is 0 Å². The number of hydrogen-bond acceptors (Lipinski definition) is 4. The van der Waals surface area contributed by atoms with Gasteiger partial charge in [0.15, 0.2) is 0 Å². The summed E-state index contributed by atoms with van der Waals surface area (Å²) in [5.74, 6) is 0.548. The zero-order valence-electron chi connectivity index (χ0n) is 12.7. The van der Waals surface area contributed by atoms with E-state index in [1.165, 1.54) is 10.5 Å². The zero-order chi connectivity index (χ0) is 16.0. The van der Waals surface area contributed by atoms with Crippen molar-refractivity contribution in [3.8, 4) is 0 Å². The second kappa shape index (κ2) is 5.06. The standard InChI is InChI=1S/C16H16N4O2S/c1-12-7-8-13-5-4-10-20(16(13)18-12)23(21,22)15-11-17-19-9-3-2-6-14(15)19/h2-3,6-9,11H,4-5,10H2,1H3. The molecule has 0 amide bonds. The van der Waals surface area contributed by atoms with Gasteiger partial charge in [-0.2, -0.15) is 5.10 Å². The lowest BCUT2D eigenvalue weighted by atomic mass is 10.1. The first-order chi connectivity index (χ1) is 11.1. The Balaban J connectivity index is 1.89. The zero-order valence-corrected chi connectivity index (χ0v) is 13.5. The van der Waals surface area contributed by atoms with E-state index in [1.807, 2.05) is 31.2 Å². The third-order valence-electron chi connectivity index (χ3n) is 4.10. The molecule has 7 heteroatoms. The number of hydrogen-bond donors (Lipinski definition) is 0. The molecule has 0 N–H and O–H groups in total. The fraction of sp³-hybridized carbons (Fsp3) is 0.250. The molecule has 0 radical (unpaired) electrons. The minimum absolute atomic E-state index is 0.217. The summed E-state index contributed by atoms with van der Waals surface area (Å²) in [7, 11) is -3.69. The second-order valence-corrected chi connectivity index (χ2v) is 7.49. The molecule has 0 unspecified atom stereocenters. The fourth-order valence-electron chi connectivity index (χ4n) is 2.96. The second-order valence-electron chi connectivity index (χ2n) is 5.66. The molecule has 3 aromatic rings. The lowest BCUT2D eigenvalue weighted by Gasteiger charge is -2.29. The summed E-state index contributed by atoms with van der Waals surface area (Å²) >= 11 is 0. The van der Waals surface area contributed by atoms with E-state index in [-0.39, 0.29) is 4.90 Å². The summed E-state index contributed by atoms with van der Waals surface area (Å²) in [6.07, 6.45) is 4.79. The highest BCUT2D eigenvalue weighted by Gasteiger charge is 2.32. The van der Waals surface area contributed by atoms with Gasteiger partial charge in [0.25, 0.3) is 10.0 Å². The number of pyridine rings is 2. The maximum atomic E-state index is 13.2. The van der Waals surface area contributed by atoms with Crippen molar-refractivity contribution in [1.29, 1.82) is 0 Å². The third kappa shape index (κ3) is 2.19. The molecule has 0 bridgehead atoms. The Hall–Kier alpha value is -2.41. The molecule has 0 spiro atoms. The van der Waals surface area contributed by atoms with E-state index >= 15 is 0 Å². The predicted molar refractivity (Wildman–Crippen MR) is 87.0 cm³/mol. The van der Waals surface area contributed by atoms with E-state index in [0.29, 0.717) is 17.9 Å². The maximum absolute atomic E-state index is 13.2. The molecule has 23 heavy (non-hydrogen) atoms.